The summed E-state index contributed by atoms with van der Waals surface area (Å²) in [6, 6.07) is 37.9. The average Bonchev–Trinajstić information content (AvgIpc) is 3.51. The number of fused-ring (bicyclic) bond motifs is 8. The maximum Gasteiger partial charge on any atom is 0.180 e. The summed E-state index contributed by atoms with van der Waals surface area (Å²) in [5.74, 6) is 0.700. The molecule has 0 amide bonds. The van der Waals surface area contributed by atoms with Crippen molar-refractivity contribution in [3.05, 3.63) is 109 Å². The number of aromatic nitrogens is 2. The predicted molar refractivity (Wildman–Crippen MR) is 151 cm³/mol. The number of benzene rings is 5. The van der Waals surface area contributed by atoms with Gasteiger partial charge in [0.1, 0.15) is 11.2 Å². The summed E-state index contributed by atoms with van der Waals surface area (Å²) in [6.45, 7) is 0. The van der Waals surface area contributed by atoms with E-state index in [1.54, 1.807) is 11.3 Å². The molecule has 0 aliphatic heterocycles. The van der Waals surface area contributed by atoms with Crippen LogP contribution in [0, 0.1) is 0 Å². The Morgan fingerprint density at radius 2 is 1.33 bits per heavy atom. The molecule has 0 aliphatic rings. The molecule has 3 aromatic heterocycles. The van der Waals surface area contributed by atoms with Gasteiger partial charge in [-0.05, 0) is 29.0 Å². The Balaban J connectivity index is 1.48. The van der Waals surface area contributed by atoms with Gasteiger partial charge in [-0.2, -0.15) is 0 Å². The van der Waals surface area contributed by atoms with Crippen LogP contribution >= 0.6 is 11.3 Å². The van der Waals surface area contributed by atoms with Gasteiger partial charge in [0, 0.05) is 32.0 Å². The summed E-state index contributed by atoms with van der Waals surface area (Å²) in [4.78, 5) is 10.2. The molecular weight excluding hydrogens is 460 g/mol. The standard InChI is InChI=1S/C32H18N2OS/c1-2-9-20(10-3-1)27-30-28(34-32(33-27)22-15-14-19-8-4-5-11-21(19)18-22)25-17-16-24-23-12-6-7-13-26(23)36-31(24)29(25)35-30/h1-18H. The number of nitrogens with zero attached hydrogens (tertiary/aromatic N) is 2. The van der Waals surface area contributed by atoms with Gasteiger partial charge in [0.15, 0.2) is 17.0 Å². The quantitative estimate of drug-likeness (QED) is 0.248. The number of thiophene rings is 1. The zero-order valence-electron chi connectivity index (χ0n) is 19.1. The molecule has 0 saturated heterocycles. The van der Waals surface area contributed by atoms with Crippen LogP contribution in [0.3, 0.4) is 0 Å². The molecule has 36 heavy (non-hydrogen) atoms. The minimum atomic E-state index is 0.700. The topological polar surface area (TPSA) is 38.9 Å². The van der Waals surface area contributed by atoms with E-state index in [1.165, 1.54) is 26.2 Å². The normalized spacial score (nSPS) is 11.9. The first-order valence-corrected chi connectivity index (χ1v) is 12.7. The molecule has 0 radical (unpaired) electrons. The molecule has 0 aliphatic carbocycles. The van der Waals surface area contributed by atoms with Gasteiger partial charge in [0.25, 0.3) is 0 Å². The van der Waals surface area contributed by atoms with Crippen LogP contribution in [0.15, 0.2) is 114 Å². The fraction of sp³-hybridized carbons (Fsp3) is 0. The molecule has 0 fully saturated rings. The second kappa shape index (κ2) is 7.48. The number of hydrogen-bond donors (Lipinski definition) is 0. The third-order valence-corrected chi connectivity index (χ3v) is 8.07. The largest absolute Gasteiger partial charge is 0.451 e. The minimum absolute atomic E-state index is 0.700. The minimum Gasteiger partial charge on any atom is -0.451 e. The van der Waals surface area contributed by atoms with E-state index in [-0.39, 0.29) is 0 Å². The van der Waals surface area contributed by atoms with Crippen molar-refractivity contribution < 1.29 is 4.42 Å². The van der Waals surface area contributed by atoms with Crippen molar-refractivity contribution in [3.63, 3.8) is 0 Å². The highest BCUT2D eigenvalue weighted by Crippen LogP contribution is 2.43. The lowest BCUT2D eigenvalue weighted by molar-refractivity contribution is 0.671. The second-order valence-electron chi connectivity index (χ2n) is 9.02. The van der Waals surface area contributed by atoms with E-state index in [2.05, 4.69) is 91.0 Å². The molecule has 8 aromatic rings. The van der Waals surface area contributed by atoms with Gasteiger partial charge in [0.05, 0.1) is 4.70 Å². The summed E-state index contributed by atoms with van der Waals surface area (Å²) in [6.07, 6.45) is 0. The third kappa shape index (κ3) is 2.85. The number of rotatable bonds is 2. The smallest absolute Gasteiger partial charge is 0.180 e. The Hall–Kier alpha value is -4.54. The highest BCUT2D eigenvalue weighted by Gasteiger charge is 2.20. The molecule has 0 atom stereocenters. The van der Waals surface area contributed by atoms with Crippen molar-refractivity contribution in [3.8, 4) is 22.6 Å². The Morgan fingerprint density at radius 1 is 0.556 bits per heavy atom. The molecule has 3 nitrogen and oxygen atoms in total. The van der Waals surface area contributed by atoms with E-state index in [4.69, 9.17) is 14.4 Å². The second-order valence-corrected chi connectivity index (χ2v) is 10.1. The molecule has 0 bridgehead atoms. The van der Waals surface area contributed by atoms with Crippen molar-refractivity contribution >= 4 is 64.4 Å². The van der Waals surface area contributed by atoms with Gasteiger partial charge >= 0.3 is 0 Å². The molecule has 168 valence electrons. The van der Waals surface area contributed by atoms with E-state index in [1.807, 2.05) is 18.2 Å². The first-order valence-electron chi connectivity index (χ1n) is 11.9. The Bertz CT molecular complexity index is 2100. The van der Waals surface area contributed by atoms with Crippen molar-refractivity contribution in [1.82, 2.24) is 9.97 Å². The van der Waals surface area contributed by atoms with E-state index >= 15 is 0 Å². The third-order valence-electron chi connectivity index (χ3n) is 6.88. The van der Waals surface area contributed by atoms with Crippen LogP contribution in [-0.2, 0) is 0 Å². The van der Waals surface area contributed by atoms with Gasteiger partial charge in [-0.1, -0.05) is 91.0 Å². The summed E-state index contributed by atoms with van der Waals surface area (Å²) >= 11 is 1.77. The maximum absolute atomic E-state index is 6.63. The maximum atomic E-state index is 6.63. The van der Waals surface area contributed by atoms with Crippen LogP contribution in [0.4, 0.5) is 0 Å². The molecular formula is C32H18N2OS. The Kier molecular flexibility index (Phi) is 4.10. The predicted octanol–water partition coefficient (Wildman–Crippen LogP) is 9.23. The SMILES string of the molecule is c1ccc(-c2nc(-c3ccc4ccccc4c3)nc3c2oc2c3ccc3c4ccccc4sc32)cc1. The van der Waals surface area contributed by atoms with E-state index < -0.39 is 0 Å². The summed E-state index contributed by atoms with van der Waals surface area (Å²) < 4.78 is 9.03. The molecule has 5 aromatic carbocycles. The van der Waals surface area contributed by atoms with Gasteiger partial charge in [-0.3, -0.25) is 0 Å². The molecule has 4 heteroatoms. The fourth-order valence-electron chi connectivity index (χ4n) is 5.13. The number of furan rings is 1. The number of hydrogen-bond acceptors (Lipinski definition) is 4. The molecule has 0 spiro atoms. The van der Waals surface area contributed by atoms with Crippen molar-refractivity contribution in [2.75, 3.05) is 0 Å². The molecule has 0 N–H and O–H groups in total. The highest BCUT2D eigenvalue weighted by molar-refractivity contribution is 7.26. The lowest BCUT2D eigenvalue weighted by Crippen LogP contribution is -1.93. The van der Waals surface area contributed by atoms with Gasteiger partial charge in [-0.25, -0.2) is 9.97 Å². The van der Waals surface area contributed by atoms with Crippen LogP contribution in [0.2, 0.25) is 0 Å². The lowest BCUT2D eigenvalue weighted by Gasteiger charge is -2.07. The molecule has 0 saturated carbocycles. The summed E-state index contributed by atoms with van der Waals surface area (Å²) in [7, 11) is 0. The first-order chi connectivity index (χ1) is 17.8. The van der Waals surface area contributed by atoms with Crippen LogP contribution in [0.25, 0.3) is 75.7 Å². The van der Waals surface area contributed by atoms with E-state index in [0.29, 0.717) is 5.82 Å². The van der Waals surface area contributed by atoms with Gasteiger partial charge in [-0.15, -0.1) is 11.3 Å². The molecule has 8 rings (SSSR count). The summed E-state index contributed by atoms with van der Waals surface area (Å²) in [5, 5.41) is 5.86. The average molecular weight is 479 g/mol. The zero-order chi connectivity index (χ0) is 23.6. The Morgan fingerprint density at radius 3 is 2.25 bits per heavy atom. The lowest BCUT2D eigenvalue weighted by atomic mass is 10.1. The van der Waals surface area contributed by atoms with Crippen molar-refractivity contribution in [2.24, 2.45) is 0 Å². The zero-order valence-corrected chi connectivity index (χ0v) is 19.9. The first kappa shape index (κ1) is 19.7. The highest BCUT2D eigenvalue weighted by atomic mass is 32.1. The van der Waals surface area contributed by atoms with Gasteiger partial charge < -0.3 is 4.42 Å². The van der Waals surface area contributed by atoms with Crippen LogP contribution in [0.5, 0.6) is 0 Å². The van der Waals surface area contributed by atoms with E-state index in [0.717, 1.165) is 43.6 Å². The van der Waals surface area contributed by atoms with Crippen molar-refractivity contribution in [2.45, 2.75) is 0 Å². The fourth-order valence-corrected chi connectivity index (χ4v) is 6.32. The molecule has 0 unspecified atom stereocenters. The Labute approximate surface area is 210 Å². The van der Waals surface area contributed by atoms with Gasteiger partial charge in [0.2, 0.25) is 0 Å². The van der Waals surface area contributed by atoms with Crippen molar-refractivity contribution in [1.29, 1.82) is 0 Å². The van der Waals surface area contributed by atoms with E-state index in [9.17, 15) is 0 Å². The molecule has 3 heterocycles. The summed E-state index contributed by atoms with van der Waals surface area (Å²) in [5.41, 5.74) is 5.27. The van der Waals surface area contributed by atoms with Crippen LogP contribution in [0.1, 0.15) is 0 Å². The van der Waals surface area contributed by atoms with Crippen LogP contribution < -0.4 is 0 Å². The van der Waals surface area contributed by atoms with Crippen LogP contribution in [-0.4, -0.2) is 9.97 Å². The monoisotopic (exact) mass is 478 g/mol.